The summed E-state index contributed by atoms with van der Waals surface area (Å²) in [6.07, 6.45) is 2.22. The number of rotatable bonds is 8. The number of ether oxygens (including phenoxy) is 1. The number of amides is 2. The van der Waals surface area contributed by atoms with Gasteiger partial charge in [0.2, 0.25) is 5.91 Å². The molecule has 2 N–H and O–H groups in total. The first-order valence-electron chi connectivity index (χ1n) is 11.5. The molecule has 0 radical (unpaired) electrons. The molecule has 2 aromatic carbocycles. The van der Waals surface area contributed by atoms with Crippen LogP contribution < -0.4 is 5.32 Å². The molecule has 0 aromatic heterocycles. The molecule has 1 saturated carbocycles. The van der Waals surface area contributed by atoms with Crippen LogP contribution in [0, 0.1) is 0 Å². The number of carbonyl (C=O) groups is 3. The quantitative estimate of drug-likeness (QED) is 0.570. The standard InChI is InChI=1S/C27H30N2O5/c1-17(2)12-13-23(24(30)29(3)27(14-15-27)25(31)32)28-26(33)34-16-22-20-10-6-4-8-18(20)19-9-5-7-11-21(19)22/h4-12,22-23H,13-16H2,1-3H3,(H,28,33)(H,31,32). The van der Waals surface area contributed by atoms with E-state index in [0.717, 1.165) is 27.8 Å². The first-order valence-corrected chi connectivity index (χ1v) is 11.5. The lowest BCUT2D eigenvalue weighted by molar-refractivity contribution is -0.151. The fourth-order valence-corrected chi connectivity index (χ4v) is 4.61. The molecule has 7 heteroatoms. The van der Waals surface area contributed by atoms with E-state index in [1.807, 2.05) is 56.3 Å². The Kier molecular flexibility index (Phi) is 6.46. The molecule has 1 fully saturated rings. The Balaban J connectivity index is 1.46. The molecule has 2 aliphatic rings. The zero-order valence-corrected chi connectivity index (χ0v) is 19.7. The van der Waals surface area contributed by atoms with Crippen molar-refractivity contribution in [3.8, 4) is 11.1 Å². The second kappa shape index (κ2) is 9.33. The van der Waals surface area contributed by atoms with Crippen LogP contribution in [0.15, 0.2) is 60.2 Å². The summed E-state index contributed by atoms with van der Waals surface area (Å²) < 4.78 is 5.60. The Hall–Kier alpha value is -3.61. The maximum absolute atomic E-state index is 13.1. The minimum Gasteiger partial charge on any atom is -0.479 e. The second-order valence-corrected chi connectivity index (χ2v) is 9.27. The van der Waals surface area contributed by atoms with Crippen molar-refractivity contribution in [2.24, 2.45) is 0 Å². The molecule has 0 spiro atoms. The lowest BCUT2D eigenvalue weighted by Gasteiger charge is -2.29. The SMILES string of the molecule is CC(C)=CCC(NC(=O)OCC1c2ccccc2-c2ccccc21)C(=O)N(C)C1(C(=O)O)CC1. The number of likely N-dealkylation sites (N-methyl/N-ethyl adjacent to an activating group) is 1. The minimum atomic E-state index is -1.18. The Morgan fingerprint density at radius 1 is 1.09 bits per heavy atom. The van der Waals surface area contributed by atoms with Crippen LogP contribution in [0.5, 0.6) is 0 Å². The molecular formula is C27H30N2O5. The molecule has 2 aliphatic carbocycles. The number of benzene rings is 2. The fourth-order valence-electron chi connectivity index (χ4n) is 4.61. The summed E-state index contributed by atoms with van der Waals surface area (Å²) >= 11 is 0. The van der Waals surface area contributed by atoms with Crippen LogP contribution in [-0.2, 0) is 14.3 Å². The Labute approximate surface area is 199 Å². The number of allylic oxidation sites excluding steroid dienone is 1. The first-order chi connectivity index (χ1) is 16.2. The molecule has 2 aromatic rings. The first kappa shape index (κ1) is 23.5. The zero-order valence-electron chi connectivity index (χ0n) is 19.7. The fraction of sp³-hybridized carbons (Fsp3) is 0.370. The van der Waals surface area contributed by atoms with E-state index >= 15 is 0 Å². The molecule has 0 bridgehead atoms. The van der Waals surface area contributed by atoms with Crippen LogP contribution in [0.4, 0.5) is 4.79 Å². The molecule has 34 heavy (non-hydrogen) atoms. The highest BCUT2D eigenvalue weighted by atomic mass is 16.5. The Bertz CT molecular complexity index is 1100. The largest absolute Gasteiger partial charge is 0.479 e. The lowest BCUT2D eigenvalue weighted by Crippen LogP contribution is -2.53. The number of hydrogen-bond acceptors (Lipinski definition) is 4. The number of carboxylic acids is 1. The number of hydrogen-bond donors (Lipinski definition) is 2. The number of nitrogens with zero attached hydrogens (tertiary/aromatic N) is 1. The molecular weight excluding hydrogens is 432 g/mol. The van der Waals surface area contributed by atoms with Crippen LogP contribution in [0.2, 0.25) is 0 Å². The van der Waals surface area contributed by atoms with Gasteiger partial charge in [-0.3, -0.25) is 4.79 Å². The van der Waals surface area contributed by atoms with Crippen molar-refractivity contribution in [3.63, 3.8) is 0 Å². The monoisotopic (exact) mass is 462 g/mol. The summed E-state index contributed by atoms with van der Waals surface area (Å²) in [6.45, 7) is 3.94. The van der Waals surface area contributed by atoms with E-state index in [0.29, 0.717) is 12.8 Å². The topological polar surface area (TPSA) is 95.9 Å². The van der Waals surface area contributed by atoms with Crippen molar-refractivity contribution < 1.29 is 24.2 Å². The van der Waals surface area contributed by atoms with Crippen molar-refractivity contribution in [2.45, 2.75) is 50.6 Å². The predicted octanol–water partition coefficient (Wildman–Crippen LogP) is 4.33. The van der Waals surface area contributed by atoms with Crippen molar-refractivity contribution in [3.05, 3.63) is 71.3 Å². The van der Waals surface area contributed by atoms with E-state index in [-0.39, 0.29) is 18.9 Å². The molecule has 0 saturated heterocycles. The summed E-state index contributed by atoms with van der Waals surface area (Å²) in [5, 5.41) is 12.2. The van der Waals surface area contributed by atoms with Gasteiger partial charge in [-0.1, -0.05) is 60.2 Å². The summed E-state index contributed by atoms with van der Waals surface area (Å²) in [6, 6.07) is 15.2. The maximum atomic E-state index is 13.1. The molecule has 4 rings (SSSR count). The predicted molar refractivity (Wildman–Crippen MR) is 128 cm³/mol. The van der Waals surface area contributed by atoms with Gasteiger partial charge in [-0.25, -0.2) is 9.59 Å². The third-order valence-corrected chi connectivity index (χ3v) is 6.79. The molecule has 1 atom stereocenters. The number of carboxylic acid groups (broad SMARTS) is 1. The smallest absolute Gasteiger partial charge is 0.407 e. The van der Waals surface area contributed by atoms with Gasteiger partial charge >= 0.3 is 12.1 Å². The van der Waals surface area contributed by atoms with E-state index in [4.69, 9.17) is 4.74 Å². The Morgan fingerprint density at radius 3 is 2.15 bits per heavy atom. The zero-order chi connectivity index (χ0) is 24.5. The molecule has 178 valence electrons. The van der Waals surface area contributed by atoms with Gasteiger partial charge in [0.25, 0.3) is 0 Å². The molecule has 0 heterocycles. The van der Waals surface area contributed by atoms with Gasteiger partial charge < -0.3 is 20.1 Å². The highest BCUT2D eigenvalue weighted by Gasteiger charge is 2.56. The third-order valence-electron chi connectivity index (χ3n) is 6.79. The number of carbonyl (C=O) groups excluding carboxylic acids is 2. The highest BCUT2D eigenvalue weighted by molar-refractivity contribution is 5.93. The highest BCUT2D eigenvalue weighted by Crippen LogP contribution is 2.44. The average molecular weight is 463 g/mol. The lowest BCUT2D eigenvalue weighted by atomic mass is 9.98. The van der Waals surface area contributed by atoms with Crippen molar-refractivity contribution in [2.75, 3.05) is 13.7 Å². The van der Waals surface area contributed by atoms with E-state index in [1.165, 1.54) is 11.9 Å². The van der Waals surface area contributed by atoms with E-state index in [2.05, 4.69) is 17.4 Å². The summed E-state index contributed by atoms with van der Waals surface area (Å²) in [5.74, 6) is -1.55. The van der Waals surface area contributed by atoms with Crippen LogP contribution in [0.25, 0.3) is 11.1 Å². The van der Waals surface area contributed by atoms with Crippen LogP contribution >= 0.6 is 0 Å². The van der Waals surface area contributed by atoms with Gasteiger partial charge in [0.05, 0.1) is 0 Å². The molecule has 2 amide bonds. The average Bonchev–Trinajstić information content (AvgIpc) is 3.58. The molecule has 0 aliphatic heterocycles. The van der Waals surface area contributed by atoms with E-state index < -0.39 is 29.6 Å². The number of alkyl carbamates (subject to hydrolysis) is 1. The van der Waals surface area contributed by atoms with Crippen LogP contribution in [-0.4, -0.2) is 53.2 Å². The van der Waals surface area contributed by atoms with Crippen LogP contribution in [0.1, 0.15) is 50.2 Å². The number of nitrogens with one attached hydrogen (secondary N) is 1. The third kappa shape index (κ3) is 4.42. The van der Waals surface area contributed by atoms with Crippen molar-refractivity contribution in [1.82, 2.24) is 10.2 Å². The van der Waals surface area contributed by atoms with Gasteiger partial charge in [-0.2, -0.15) is 0 Å². The minimum absolute atomic E-state index is 0.0884. The van der Waals surface area contributed by atoms with Gasteiger partial charge in [-0.05, 0) is 55.4 Å². The Morgan fingerprint density at radius 2 is 1.65 bits per heavy atom. The van der Waals surface area contributed by atoms with Crippen LogP contribution in [0.3, 0.4) is 0 Å². The summed E-state index contributed by atoms with van der Waals surface area (Å²) in [7, 11) is 1.48. The summed E-state index contributed by atoms with van der Waals surface area (Å²) in [4.78, 5) is 38.8. The van der Waals surface area contributed by atoms with E-state index in [9.17, 15) is 19.5 Å². The second-order valence-electron chi connectivity index (χ2n) is 9.27. The van der Waals surface area contributed by atoms with Gasteiger partial charge in [0.1, 0.15) is 18.2 Å². The number of fused-ring (bicyclic) bond motifs is 3. The van der Waals surface area contributed by atoms with Crippen molar-refractivity contribution >= 4 is 18.0 Å². The van der Waals surface area contributed by atoms with E-state index in [1.54, 1.807) is 0 Å². The summed E-state index contributed by atoms with van der Waals surface area (Å²) in [5.41, 5.74) is 4.29. The molecule has 7 nitrogen and oxygen atoms in total. The normalized spacial score (nSPS) is 16.0. The number of aliphatic carboxylic acids is 1. The van der Waals surface area contributed by atoms with Crippen molar-refractivity contribution in [1.29, 1.82) is 0 Å². The molecule has 1 unspecified atom stereocenters. The van der Waals surface area contributed by atoms with Gasteiger partial charge in [0, 0.05) is 13.0 Å². The van der Waals surface area contributed by atoms with Gasteiger partial charge in [0.15, 0.2) is 0 Å². The van der Waals surface area contributed by atoms with Gasteiger partial charge in [-0.15, -0.1) is 0 Å². The maximum Gasteiger partial charge on any atom is 0.407 e.